The SMILES string of the molecule is CN(C)C12CC(OC(=O)c3cccnc3)C(C(c3ccccc3)C1)C(c1ccccc1)C2. The van der Waals surface area contributed by atoms with Gasteiger partial charge in [0.15, 0.2) is 0 Å². The van der Waals surface area contributed by atoms with Crippen LogP contribution >= 0.6 is 0 Å². The van der Waals surface area contributed by atoms with Crippen molar-refractivity contribution in [2.24, 2.45) is 5.92 Å². The number of hydrogen-bond donors (Lipinski definition) is 0. The summed E-state index contributed by atoms with van der Waals surface area (Å²) in [6.45, 7) is 0. The molecule has 0 aliphatic heterocycles. The minimum Gasteiger partial charge on any atom is -0.458 e. The van der Waals surface area contributed by atoms with Crippen molar-refractivity contribution in [2.45, 2.75) is 42.7 Å². The van der Waals surface area contributed by atoms with Crippen LogP contribution in [0, 0.1) is 5.92 Å². The summed E-state index contributed by atoms with van der Waals surface area (Å²) in [6.07, 6.45) is 6.15. The van der Waals surface area contributed by atoms with E-state index < -0.39 is 0 Å². The first-order chi connectivity index (χ1) is 15.6. The predicted octanol–water partition coefficient (Wildman–Crippen LogP) is 5.29. The van der Waals surface area contributed by atoms with E-state index in [1.807, 2.05) is 0 Å². The number of esters is 1. The second-order valence-electron chi connectivity index (χ2n) is 9.53. The molecule has 2 aromatic carbocycles. The topological polar surface area (TPSA) is 42.4 Å². The molecule has 4 heteroatoms. The molecule has 0 spiro atoms. The van der Waals surface area contributed by atoms with Crippen molar-refractivity contribution in [3.8, 4) is 0 Å². The molecular weight excluding hydrogens is 396 g/mol. The van der Waals surface area contributed by atoms with Gasteiger partial charge in [-0.05, 0) is 62.0 Å². The van der Waals surface area contributed by atoms with Gasteiger partial charge in [0.05, 0.1) is 5.56 Å². The zero-order valence-electron chi connectivity index (χ0n) is 18.7. The summed E-state index contributed by atoms with van der Waals surface area (Å²) in [5.74, 6) is 0.626. The van der Waals surface area contributed by atoms with E-state index in [2.05, 4.69) is 84.6 Å². The highest BCUT2D eigenvalue weighted by Gasteiger charge is 2.58. The van der Waals surface area contributed by atoms with E-state index in [0.29, 0.717) is 17.4 Å². The van der Waals surface area contributed by atoms with Crippen molar-refractivity contribution in [1.29, 1.82) is 0 Å². The Labute approximate surface area is 190 Å². The molecule has 0 amide bonds. The van der Waals surface area contributed by atoms with Crippen molar-refractivity contribution >= 4 is 5.97 Å². The first-order valence-corrected chi connectivity index (χ1v) is 11.5. The zero-order valence-corrected chi connectivity index (χ0v) is 18.7. The van der Waals surface area contributed by atoms with Gasteiger partial charge in [0.2, 0.25) is 0 Å². The van der Waals surface area contributed by atoms with Gasteiger partial charge in [-0.2, -0.15) is 0 Å². The van der Waals surface area contributed by atoms with Crippen LogP contribution in [0.1, 0.15) is 52.6 Å². The summed E-state index contributed by atoms with van der Waals surface area (Å²) in [4.78, 5) is 19.6. The summed E-state index contributed by atoms with van der Waals surface area (Å²) in [5.41, 5.74) is 3.17. The Morgan fingerprint density at radius 2 is 1.47 bits per heavy atom. The second-order valence-corrected chi connectivity index (χ2v) is 9.53. The van der Waals surface area contributed by atoms with E-state index in [4.69, 9.17) is 4.74 Å². The molecule has 1 heterocycles. The molecule has 0 saturated heterocycles. The molecule has 164 valence electrons. The van der Waals surface area contributed by atoms with E-state index >= 15 is 0 Å². The smallest absolute Gasteiger partial charge is 0.339 e. The third-order valence-corrected chi connectivity index (χ3v) is 7.70. The molecule has 3 atom stereocenters. The van der Waals surface area contributed by atoms with Crippen molar-refractivity contribution in [3.63, 3.8) is 0 Å². The molecule has 6 rings (SSSR count). The minimum absolute atomic E-state index is 0.0182. The van der Waals surface area contributed by atoms with Crippen LogP contribution in [0.5, 0.6) is 0 Å². The number of ether oxygens (including phenoxy) is 1. The van der Waals surface area contributed by atoms with Crippen molar-refractivity contribution in [1.82, 2.24) is 9.88 Å². The van der Waals surface area contributed by atoms with E-state index in [0.717, 1.165) is 19.3 Å². The highest BCUT2D eigenvalue weighted by molar-refractivity contribution is 5.89. The maximum absolute atomic E-state index is 13.1. The van der Waals surface area contributed by atoms with Gasteiger partial charge in [-0.25, -0.2) is 4.79 Å². The van der Waals surface area contributed by atoms with Crippen molar-refractivity contribution in [3.05, 3.63) is 102 Å². The average Bonchev–Trinajstić information content (AvgIpc) is 2.85. The highest BCUT2D eigenvalue weighted by Crippen LogP contribution is 2.60. The largest absolute Gasteiger partial charge is 0.458 e. The standard InChI is InChI=1S/C28H30N2O2/c1-30(2)28-16-23(20-10-5-3-6-11-20)26(24(17-28)21-12-7-4-8-13-21)25(18-28)32-27(31)22-14-9-15-29-19-22/h3-15,19,23-26H,16-18H2,1-2H3. The monoisotopic (exact) mass is 426 g/mol. The molecule has 3 aromatic rings. The number of hydrogen-bond acceptors (Lipinski definition) is 4. The van der Waals surface area contributed by atoms with Crippen LogP contribution in [0.3, 0.4) is 0 Å². The fourth-order valence-electron chi connectivity index (χ4n) is 6.09. The Morgan fingerprint density at radius 1 is 0.875 bits per heavy atom. The Balaban J connectivity index is 1.57. The number of fused-ring (bicyclic) bond motifs is 3. The van der Waals surface area contributed by atoms with Crippen LogP contribution in [0.2, 0.25) is 0 Å². The molecule has 3 saturated carbocycles. The summed E-state index contributed by atoms with van der Waals surface area (Å²) in [6, 6.07) is 25.1. The molecular formula is C28H30N2O2. The fourth-order valence-corrected chi connectivity index (χ4v) is 6.09. The molecule has 0 N–H and O–H groups in total. The summed E-state index contributed by atoms with van der Waals surface area (Å²) in [5, 5.41) is 0. The van der Waals surface area contributed by atoms with Gasteiger partial charge < -0.3 is 9.64 Å². The quantitative estimate of drug-likeness (QED) is 0.520. The van der Waals surface area contributed by atoms with Crippen LogP contribution in [-0.4, -0.2) is 41.6 Å². The average molecular weight is 427 g/mol. The van der Waals surface area contributed by atoms with Crippen LogP contribution in [0.4, 0.5) is 0 Å². The third kappa shape index (κ3) is 3.73. The maximum Gasteiger partial charge on any atom is 0.339 e. The molecule has 0 radical (unpaired) electrons. The number of rotatable bonds is 5. The highest BCUT2D eigenvalue weighted by atomic mass is 16.5. The Hall–Kier alpha value is -2.98. The molecule has 1 aromatic heterocycles. The third-order valence-electron chi connectivity index (χ3n) is 7.70. The number of benzene rings is 2. The van der Waals surface area contributed by atoms with E-state index in [1.165, 1.54) is 11.1 Å². The van der Waals surface area contributed by atoms with E-state index in [1.54, 1.807) is 24.5 Å². The molecule has 3 fully saturated rings. The number of aromatic nitrogens is 1. The Morgan fingerprint density at radius 3 is 1.97 bits per heavy atom. The molecule has 3 aliphatic rings. The lowest BCUT2D eigenvalue weighted by Gasteiger charge is -2.60. The van der Waals surface area contributed by atoms with Crippen LogP contribution in [-0.2, 0) is 4.74 Å². The Kier molecular flexibility index (Phi) is 5.56. The maximum atomic E-state index is 13.1. The Bertz CT molecular complexity index is 1000. The number of carbonyl (C=O) groups is 1. The van der Waals surface area contributed by atoms with Gasteiger partial charge in [0.1, 0.15) is 6.10 Å². The molecule has 4 nitrogen and oxygen atoms in total. The lowest BCUT2D eigenvalue weighted by atomic mass is 9.52. The van der Waals surface area contributed by atoms with Crippen molar-refractivity contribution in [2.75, 3.05) is 14.1 Å². The molecule has 3 unspecified atom stereocenters. The summed E-state index contributed by atoms with van der Waals surface area (Å²) >= 11 is 0. The van der Waals surface area contributed by atoms with Gasteiger partial charge in [0, 0.05) is 30.3 Å². The van der Waals surface area contributed by atoms with Gasteiger partial charge >= 0.3 is 5.97 Å². The molecule has 2 bridgehead atoms. The zero-order chi connectivity index (χ0) is 22.1. The first-order valence-electron chi connectivity index (χ1n) is 11.5. The lowest BCUT2D eigenvalue weighted by Crippen LogP contribution is -2.61. The van der Waals surface area contributed by atoms with E-state index in [-0.39, 0.29) is 23.5 Å². The van der Waals surface area contributed by atoms with Crippen LogP contribution in [0.15, 0.2) is 85.2 Å². The van der Waals surface area contributed by atoms with Crippen molar-refractivity contribution < 1.29 is 9.53 Å². The summed E-state index contributed by atoms with van der Waals surface area (Å²) < 4.78 is 6.28. The molecule has 3 aliphatic carbocycles. The second kappa shape index (κ2) is 8.51. The fraction of sp³-hybridized carbons (Fsp3) is 0.357. The number of carbonyl (C=O) groups excluding carboxylic acids is 1. The lowest BCUT2D eigenvalue weighted by molar-refractivity contribution is -0.0986. The van der Waals surface area contributed by atoms with Gasteiger partial charge in [-0.3, -0.25) is 4.98 Å². The van der Waals surface area contributed by atoms with Crippen LogP contribution < -0.4 is 0 Å². The predicted molar refractivity (Wildman–Crippen MR) is 126 cm³/mol. The van der Waals surface area contributed by atoms with E-state index in [9.17, 15) is 4.79 Å². The normalized spacial score (nSPS) is 29.1. The number of pyridine rings is 1. The van der Waals surface area contributed by atoms with Crippen LogP contribution in [0.25, 0.3) is 0 Å². The number of nitrogens with zero attached hydrogens (tertiary/aromatic N) is 2. The first kappa shape index (κ1) is 20.9. The minimum atomic E-state index is -0.275. The van der Waals surface area contributed by atoms with Gasteiger partial charge in [-0.1, -0.05) is 60.7 Å². The summed E-state index contributed by atoms with van der Waals surface area (Å²) in [7, 11) is 4.35. The molecule has 32 heavy (non-hydrogen) atoms. The van der Waals surface area contributed by atoms with Gasteiger partial charge in [-0.15, -0.1) is 0 Å². The van der Waals surface area contributed by atoms with Gasteiger partial charge in [0.25, 0.3) is 0 Å².